The molecule has 1 aromatic rings. The third kappa shape index (κ3) is 3.59. The lowest BCUT2D eigenvalue weighted by atomic mass is 9.97. The van der Waals surface area contributed by atoms with E-state index >= 15 is 0 Å². The van der Waals surface area contributed by atoms with Crippen LogP contribution in [0.2, 0.25) is 0 Å². The van der Waals surface area contributed by atoms with Gasteiger partial charge in [-0.2, -0.15) is 0 Å². The molecule has 0 saturated carbocycles. The standard InChI is InChI=1S/C14H18N4O4/c1-8-7-18(3-2-11(8)19)14(22)13(21)17-10-4-9(12(15)20)5-16-6-10/h4-6,8,11,19H,2-3,7H2,1H3,(H2,15,20)(H,17,21)/t8-,11+/m1/s1. The van der Waals surface area contributed by atoms with Gasteiger partial charge in [-0.3, -0.25) is 19.4 Å². The van der Waals surface area contributed by atoms with E-state index in [1.165, 1.54) is 23.4 Å². The molecule has 8 nitrogen and oxygen atoms in total. The van der Waals surface area contributed by atoms with E-state index in [9.17, 15) is 19.5 Å². The first-order chi connectivity index (χ1) is 10.4. The zero-order chi connectivity index (χ0) is 16.3. The molecule has 22 heavy (non-hydrogen) atoms. The van der Waals surface area contributed by atoms with Crippen molar-refractivity contribution in [2.24, 2.45) is 11.7 Å². The van der Waals surface area contributed by atoms with Crippen molar-refractivity contribution in [1.29, 1.82) is 0 Å². The Balaban J connectivity index is 2.01. The number of nitrogens with one attached hydrogen (secondary N) is 1. The normalized spacial score (nSPS) is 21.3. The van der Waals surface area contributed by atoms with Gasteiger partial charge in [0, 0.05) is 19.3 Å². The second-order valence-corrected chi connectivity index (χ2v) is 5.37. The van der Waals surface area contributed by atoms with Crippen LogP contribution in [0.1, 0.15) is 23.7 Å². The number of hydrogen-bond donors (Lipinski definition) is 3. The lowest BCUT2D eigenvalue weighted by Crippen LogP contribution is -2.48. The minimum absolute atomic E-state index is 0.0784. The molecule has 2 atom stereocenters. The second-order valence-electron chi connectivity index (χ2n) is 5.37. The number of rotatable bonds is 2. The summed E-state index contributed by atoms with van der Waals surface area (Å²) in [5.41, 5.74) is 5.49. The van der Waals surface area contributed by atoms with Gasteiger partial charge in [-0.15, -0.1) is 0 Å². The van der Waals surface area contributed by atoms with Crippen LogP contribution in [0.4, 0.5) is 5.69 Å². The Hall–Kier alpha value is -2.48. The fraction of sp³-hybridized carbons (Fsp3) is 0.429. The van der Waals surface area contributed by atoms with Crippen LogP contribution in [0.5, 0.6) is 0 Å². The molecule has 0 bridgehead atoms. The monoisotopic (exact) mass is 306 g/mol. The summed E-state index contributed by atoms with van der Waals surface area (Å²) in [6.07, 6.45) is 2.58. The largest absolute Gasteiger partial charge is 0.393 e. The Bertz CT molecular complexity index is 604. The SMILES string of the molecule is C[C@@H]1CN(C(=O)C(=O)Nc2cncc(C(N)=O)c2)CC[C@@H]1O. The number of anilines is 1. The quantitative estimate of drug-likeness (QED) is 0.626. The van der Waals surface area contributed by atoms with Crippen molar-refractivity contribution in [3.63, 3.8) is 0 Å². The summed E-state index contributed by atoms with van der Waals surface area (Å²) < 4.78 is 0. The summed E-state index contributed by atoms with van der Waals surface area (Å²) in [6, 6.07) is 1.35. The van der Waals surface area contributed by atoms with Crippen molar-refractivity contribution >= 4 is 23.4 Å². The van der Waals surface area contributed by atoms with Gasteiger partial charge >= 0.3 is 11.8 Å². The first kappa shape index (κ1) is 15.9. The van der Waals surface area contributed by atoms with Crippen molar-refractivity contribution < 1.29 is 19.5 Å². The van der Waals surface area contributed by atoms with Crippen LogP contribution >= 0.6 is 0 Å². The van der Waals surface area contributed by atoms with Crippen LogP contribution in [-0.4, -0.2) is 51.9 Å². The maximum Gasteiger partial charge on any atom is 0.313 e. The number of nitrogens with two attached hydrogens (primary N) is 1. The van der Waals surface area contributed by atoms with E-state index in [0.29, 0.717) is 19.5 Å². The average molecular weight is 306 g/mol. The molecule has 1 aliphatic rings. The highest BCUT2D eigenvalue weighted by molar-refractivity contribution is 6.39. The number of aliphatic hydroxyl groups is 1. The molecule has 1 saturated heterocycles. The molecule has 3 amide bonds. The van der Waals surface area contributed by atoms with Gasteiger partial charge in [0.25, 0.3) is 0 Å². The second kappa shape index (κ2) is 6.52. The Labute approximate surface area is 127 Å². The summed E-state index contributed by atoms with van der Waals surface area (Å²) >= 11 is 0. The van der Waals surface area contributed by atoms with E-state index < -0.39 is 23.8 Å². The van der Waals surface area contributed by atoms with E-state index in [1.54, 1.807) is 0 Å². The smallest absolute Gasteiger partial charge is 0.313 e. The number of carbonyl (C=O) groups excluding carboxylic acids is 3. The number of hydrogen-bond acceptors (Lipinski definition) is 5. The molecule has 2 heterocycles. The first-order valence-electron chi connectivity index (χ1n) is 6.91. The summed E-state index contributed by atoms with van der Waals surface area (Å²) in [6.45, 7) is 2.48. The highest BCUT2D eigenvalue weighted by Crippen LogP contribution is 2.17. The van der Waals surface area contributed by atoms with Gasteiger partial charge in [0.15, 0.2) is 0 Å². The predicted molar refractivity (Wildman–Crippen MR) is 77.8 cm³/mol. The summed E-state index contributed by atoms with van der Waals surface area (Å²) in [5.74, 6) is -2.24. The predicted octanol–water partition coefficient (Wildman–Crippen LogP) is -0.652. The van der Waals surface area contributed by atoms with E-state index in [0.717, 1.165) is 0 Å². The van der Waals surface area contributed by atoms with Crippen LogP contribution in [0, 0.1) is 5.92 Å². The van der Waals surface area contributed by atoms with Gasteiger partial charge in [0.05, 0.1) is 23.6 Å². The Morgan fingerprint density at radius 1 is 1.41 bits per heavy atom. The fourth-order valence-electron chi connectivity index (χ4n) is 2.29. The summed E-state index contributed by atoms with van der Waals surface area (Å²) in [4.78, 5) is 40.3. The number of primary amides is 1. The highest BCUT2D eigenvalue weighted by Gasteiger charge is 2.30. The van der Waals surface area contributed by atoms with Crippen LogP contribution in [-0.2, 0) is 9.59 Å². The third-order valence-corrected chi connectivity index (χ3v) is 3.62. The molecule has 1 fully saturated rings. The van der Waals surface area contributed by atoms with Gasteiger partial charge < -0.3 is 21.1 Å². The van der Waals surface area contributed by atoms with Crippen molar-refractivity contribution in [2.45, 2.75) is 19.4 Å². The fourth-order valence-corrected chi connectivity index (χ4v) is 2.29. The lowest BCUT2D eigenvalue weighted by Gasteiger charge is -2.33. The minimum Gasteiger partial charge on any atom is -0.393 e. The van der Waals surface area contributed by atoms with Crippen molar-refractivity contribution in [2.75, 3.05) is 18.4 Å². The van der Waals surface area contributed by atoms with Crippen LogP contribution in [0.3, 0.4) is 0 Å². The molecule has 2 rings (SSSR count). The number of aromatic nitrogens is 1. The topological polar surface area (TPSA) is 126 Å². The number of likely N-dealkylation sites (tertiary alicyclic amines) is 1. The zero-order valence-electron chi connectivity index (χ0n) is 12.2. The van der Waals surface area contributed by atoms with E-state index in [1.807, 2.05) is 6.92 Å². The molecule has 0 spiro atoms. The molecule has 8 heteroatoms. The van der Waals surface area contributed by atoms with E-state index in [4.69, 9.17) is 5.73 Å². The number of pyridine rings is 1. The van der Waals surface area contributed by atoms with Gasteiger partial charge in [-0.25, -0.2) is 0 Å². The van der Waals surface area contributed by atoms with Crippen LogP contribution < -0.4 is 11.1 Å². The third-order valence-electron chi connectivity index (χ3n) is 3.62. The molecule has 0 aliphatic carbocycles. The van der Waals surface area contributed by atoms with Gasteiger partial charge in [0.1, 0.15) is 0 Å². The molecule has 4 N–H and O–H groups in total. The zero-order valence-corrected chi connectivity index (χ0v) is 12.2. The van der Waals surface area contributed by atoms with E-state index in [2.05, 4.69) is 10.3 Å². The number of nitrogens with zero attached hydrogens (tertiary/aromatic N) is 2. The maximum absolute atomic E-state index is 12.1. The van der Waals surface area contributed by atoms with Crippen LogP contribution in [0.25, 0.3) is 0 Å². The Morgan fingerprint density at radius 3 is 2.77 bits per heavy atom. The molecule has 118 valence electrons. The highest BCUT2D eigenvalue weighted by atomic mass is 16.3. The number of carbonyl (C=O) groups is 3. The molecule has 0 radical (unpaired) electrons. The van der Waals surface area contributed by atoms with E-state index in [-0.39, 0.29) is 17.2 Å². The van der Waals surface area contributed by atoms with Gasteiger partial charge in [-0.05, 0) is 18.4 Å². The molecular formula is C14H18N4O4. The summed E-state index contributed by atoms with van der Waals surface area (Å²) in [7, 11) is 0. The van der Waals surface area contributed by atoms with Gasteiger partial charge in [0.2, 0.25) is 5.91 Å². The van der Waals surface area contributed by atoms with Crippen molar-refractivity contribution in [3.05, 3.63) is 24.0 Å². The molecule has 0 unspecified atom stereocenters. The van der Waals surface area contributed by atoms with Crippen molar-refractivity contribution in [1.82, 2.24) is 9.88 Å². The molecule has 1 aromatic heterocycles. The number of amides is 3. The maximum atomic E-state index is 12.1. The first-order valence-corrected chi connectivity index (χ1v) is 6.91. The Kier molecular flexibility index (Phi) is 4.71. The Morgan fingerprint density at radius 2 is 2.14 bits per heavy atom. The average Bonchev–Trinajstić information content (AvgIpc) is 2.49. The summed E-state index contributed by atoms with van der Waals surface area (Å²) in [5, 5.41) is 12.0. The van der Waals surface area contributed by atoms with Gasteiger partial charge in [-0.1, -0.05) is 6.92 Å². The molecule has 0 aromatic carbocycles. The minimum atomic E-state index is -0.813. The molecule has 1 aliphatic heterocycles. The van der Waals surface area contributed by atoms with Crippen LogP contribution in [0.15, 0.2) is 18.5 Å². The van der Waals surface area contributed by atoms with Crippen molar-refractivity contribution in [3.8, 4) is 0 Å². The number of aliphatic hydroxyl groups excluding tert-OH is 1. The molecular weight excluding hydrogens is 288 g/mol. The number of piperidine rings is 1. The lowest BCUT2D eigenvalue weighted by molar-refractivity contribution is -0.145.